The van der Waals surface area contributed by atoms with Crippen LogP contribution in [0.1, 0.15) is 5.69 Å². The summed E-state index contributed by atoms with van der Waals surface area (Å²) in [5.74, 6) is -2.07. The number of nitrogens with zero attached hydrogens (tertiary/aromatic N) is 3. The molecule has 0 aliphatic carbocycles. The van der Waals surface area contributed by atoms with E-state index in [-0.39, 0.29) is 28.8 Å². The highest BCUT2D eigenvalue weighted by atomic mass is 32.2. The maximum atomic E-state index is 12.6. The molecule has 2 atom stereocenters. The largest absolute Gasteiger partial charge is 0.477 e. The van der Waals surface area contributed by atoms with Crippen molar-refractivity contribution in [3.63, 3.8) is 0 Å². The minimum Gasteiger partial charge on any atom is -0.477 e. The van der Waals surface area contributed by atoms with Gasteiger partial charge in [0.2, 0.25) is 0 Å². The van der Waals surface area contributed by atoms with Crippen LogP contribution in [0.25, 0.3) is 0 Å². The van der Waals surface area contributed by atoms with Crippen molar-refractivity contribution in [1.29, 1.82) is 0 Å². The van der Waals surface area contributed by atoms with Crippen LogP contribution in [0.2, 0.25) is 0 Å². The molecule has 0 bridgehead atoms. The monoisotopic (exact) mass is 412 g/mol. The second-order valence-electron chi connectivity index (χ2n) is 5.52. The van der Waals surface area contributed by atoms with Crippen LogP contribution >= 0.6 is 23.1 Å². The summed E-state index contributed by atoms with van der Waals surface area (Å²) in [4.78, 5) is 46.4. The number of thioether (sulfide) groups is 1. The number of oxime groups is 1. The van der Waals surface area contributed by atoms with Gasteiger partial charge in [0.25, 0.3) is 11.8 Å². The zero-order chi connectivity index (χ0) is 19.7. The average molecular weight is 412 g/mol. The van der Waals surface area contributed by atoms with Gasteiger partial charge in [-0.05, 0) is 5.57 Å². The van der Waals surface area contributed by atoms with Gasteiger partial charge in [0.1, 0.15) is 29.9 Å². The number of hydrogen-bond donors (Lipinski definition) is 4. The Morgan fingerprint density at radius 1 is 1.56 bits per heavy atom. The fourth-order valence-corrected chi connectivity index (χ4v) is 4.65. The van der Waals surface area contributed by atoms with Gasteiger partial charge in [-0.3, -0.25) is 14.5 Å². The van der Waals surface area contributed by atoms with E-state index in [1.807, 2.05) is 0 Å². The Labute approximate surface area is 161 Å². The Bertz CT molecular complexity index is 866. The van der Waals surface area contributed by atoms with Gasteiger partial charge in [-0.15, -0.1) is 23.1 Å². The van der Waals surface area contributed by atoms with Crippen molar-refractivity contribution < 1.29 is 24.3 Å². The van der Waals surface area contributed by atoms with Crippen LogP contribution in [-0.4, -0.2) is 69.3 Å². The van der Waals surface area contributed by atoms with E-state index in [9.17, 15) is 19.5 Å². The molecule has 0 spiro atoms. The predicted molar refractivity (Wildman–Crippen MR) is 98.8 cm³/mol. The maximum absolute atomic E-state index is 12.6. The lowest BCUT2D eigenvalue weighted by Gasteiger charge is -2.49. The van der Waals surface area contributed by atoms with E-state index < -0.39 is 29.2 Å². The number of amides is 2. The molecule has 0 aromatic carbocycles. The Morgan fingerprint density at radius 2 is 2.30 bits per heavy atom. The first-order valence-corrected chi connectivity index (χ1v) is 9.55. The molecule has 0 radical (unpaired) electrons. The third kappa shape index (κ3) is 3.36. The van der Waals surface area contributed by atoms with Gasteiger partial charge in [0, 0.05) is 17.7 Å². The van der Waals surface area contributed by atoms with Gasteiger partial charge >= 0.3 is 5.97 Å². The maximum Gasteiger partial charge on any atom is 0.352 e. The zero-order valence-corrected chi connectivity index (χ0v) is 15.7. The highest BCUT2D eigenvalue weighted by Crippen LogP contribution is 2.40. The summed E-state index contributed by atoms with van der Waals surface area (Å²) < 4.78 is 0. The number of carbonyl (C=O) groups is 3. The molecule has 27 heavy (non-hydrogen) atoms. The third-order valence-corrected chi connectivity index (χ3v) is 5.96. The lowest BCUT2D eigenvalue weighted by Crippen LogP contribution is -2.71. The molecule has 6 N–H and O–H groups in total. The minimum absolute atomic E-state index is 0.0397. The summed E-state index contributed by atoms with van der Waals surface area (Å²) in [6, 6.07) is -0.894. The SMILES string of the molecule is CON=C(C(=O)NC1C(=O)N2C(C(=O)O)=C(CN)CS[C@@H]12)c1csc(N)n1. The van der Waals surface area contributed by atoms with Crippen LogP contribution in [0.4, 0.5) is 5.13 Å². The van der Waals surface area contributed by atoms with Gasteiger partial charge in [-0.1, -0.05) is 5.16 Å². The number of aromatic nitrogens is 1. The number of carbonyl (C=O) groups excluding carboxylic acids is 2. The minimum atomic E-state index is -1.22. The van der Waals surface area contributed by atoms with E-state index in [0.717, 1.165) is 16.2 Å². The number of hydrogen-bond acceptors (Lipinski definition) is 10. The molecular formula is C14H16N6O5S2. The average Bonchev–Trinajstić information content (AvgIpc) is 3.08. The first kappa shape index (κ1) is 19.1. The van der Waals surface area contributed by atoms with Crippen LogP contribution in [0.3, 0.4) is 0 Å². The summed E-state index contributed by atoms with van der Waals surface area (Å²) in [7, 11) is 1.27. The van der Waals surface area contributed by atoms with Gasteiger partial charge < -0.3 is 26.7 Å². The Balaban J connectivity index is 1.79. The molecule has 3 heterocycles. The van der Waals surface area contributed by atoms with E-state index in [1.54, 1.807) is 0 Å². The standard InChI is InChI=1S/C14H16N6O5S2/c1-25-19-7(6-4-27-14(16)17-6)10(21)18-8-11(22)20-9(13(23)24)5(2-15)3-26-12(8)20/h4,8,12H,2-3,15H2,1H3,(H2,16,17)(H,18,21)(H,23,24)/t8?,12-/m0/s1. The topological polar surface area (TPSA) is 173 Å². The van der Waals surface area contributed by atoms with E-state index in [2.05, 4.69) is 20.3 Å². The lowest BCUT2D eigenvalue weighted by molar-refractivity contribution is -0.150. The van der Waals surface area contributed by atoms with Crippen molar-refractivity contribution in [3.05, 3.63) is 22.3 Å². The summed E-state index contributed by atoms with van der Waals surface area (Å²) in [5, 5.41) is 16.9. The summed E-state index contributed by atoms with van der Waals surface area (Å²) in [5.41, 5.74) is 11.6. The molecule has 1 aromatic rings. The Morgan fingerprint density at radius 3 is 2.85 bits per heavy atom. The summed E-state index contributed by atoms with van der Waals surface area (Å²) in [6.45, 7) is 0.0397. The molecule has 1 saturated heterocycles. The second kappa shape index (κ2) is 7.54. The number of fused-ring (bicyclic) bond motifs is 1. The first-order valence-electron chi connectivity index (χ1n) is 7.62. The van der Waals surface area contributed by atoms with E-state index in [0.29, 0.717) is 11.3 Å². The van der Waals surface area contributed by atoms with Crippen molar-refractivity contribution >= 4 is 51.7 Å². The smallest absolute Gasteiger partial charge is 0.352 e. The van der Waals surface area contributed by atoms with Crippen molar-refractivity contribution in [3.8, 4) is 0 Å². The molecule has 1 unspecified atom stereocenters. The van der Waals surface area contributed by atoms with Crippen LogP contribution in [0.15, 0.2) is 21.8 Å². The molecule has 1 fully saturated rings. The third-order valence-electron chi connectivity index (χ3n) is 3.95. The molecule has 1 aromatic heterocycles. The highest BCUT2D eigenvalue weighted by Gasteiger charge is 2.54. The van der Waals surface area contributed by atoms with E-state index in [1.165, 1.54) is 24.3 Å². The molecule has 11 nitrogen and oxygen atoms in total. The zero-order valence-electron chi connectivity index (χ0n) is 14.0. The predicted octanol–water partition coefficient (Wildman–Crippen LogP) is -1.23. The number of aliphatic carboxylic acids is 1. The number of thiazole rings is 1. The number of nitrogens with one attached hydrogen (secondary N) is 1. The number of anilines is 1. The van der Waals surface area contributed by atoms with Crippen molar-refractivity contribution in [2.75, 3.05) is 25.1 Å². The number of β-lactam (4-membered cyclic amide) rings is 1. The number of carboxylic acids is 1. The van der Waals surface area contributed by atoms with Gasteiger partial charge in [-0.2, -0.15) is 0 Å². The van der Waals surface area contributed by atoms with Crippen LogP contribution < -0.4 is 16.8 Å². The van der Waals surface area contributed by atoms with E-state index in [4.69, 9.17) is 11.5 Å². The Kier molecular flexibility index (Phi) is 5.34. The van der Waals surface area contributed by atoms with Crippen LogP contribution in [-0.2, 0) is 19.2 Å². The molecule has 2 aliphatic heterocycles. The molecule has 144 valence electrons. The first-order chi connectivity index (χ1) is 12.9. The second-order valence-corrected chi connectivity index (χ2v) is 7.51. The molecule has 13 heteroatoms. The van der Waals surface area contributed by atoms with Crippen LogP contribution in [0.5, 0.6) is 0 Å². The van der Waals surface area contributed by atoms with Crippen molar-refractivity contribution in [2.45, 2.75) is 11.4 Å². The van der Waals surface area contributed by atoms with Gasteiger partial charge in [0.15, 0.2) is 10.8 Å². The van der Waals surface area contributed by atoms with Crippen molar-refractivity contribution in [2.24, 2.45) is 10.9 Å². The quantitative estimate of drug-likeness (QED) is 0.253. The van der Waals surface area contributed by atoms with E-state index >= 15 is 0 Å². The molecular weight excluding hydrogens is 396 g/mol. The van der Waals surface area contributed by atoms with Crippen molar-refractivity contribution in [1.82, 2.24) is 15.2 Å². The van der Waals surface area contributed by atoms with Gasteiger partial charge in [-0.25, -0.2) is 9.78 Å². The lowest BCUT2D eigenvalue weighted by atomic mass is 10.0. The van der Waals surface area contributed by atoms with Crippen LogP contribution in [0, 0.1) is 0 Å². The molecule has 2 amide bonds. The summed E-state index contributed by atoms with van der Waals surface area (Å²) >= 11 is 2.46. The fourth-order valence-electron chi connectivity index (χ4n) is 2.74. The summed E-state index contributed by atoms with van der Waals surface area (Å²) in [6.07, 6.45) is 0. The number of nitrogen functional groups attached to an aromatic ring is 1. The number of rotatable bonds is 6. The molecule has 0 saturated carbocycles. The normalized spacial score (nSPS) is 22.2. The highest BCUT2D eigenvalue weighted by molar-refractivity contribution is 8.00. The Hall–Kier alpha value is -2.64. The number of nitrogens with two attached hydrogens (primary N) is 2. The molecule has 3 rings (SSSR count). The fraction of sp³-hybridized carbons (Fsp3) is 0.357. The molecule has 2 aliphatic rings. The van der Waals surface area contributed by atoms with Gasteiger partial charge in [0.05, 0.1) is 0 Å². The number of carboxylic acid groups (broad SMARTS) is 1.